The van der Waals surface area contributed by atoms with Crippen LogP contribution in [0.1, 0.15) is 24.6 Å². The molecule has 0 spiro atoms. The average molecular weight is 274 g/mol. The van der Waals surface area contributed by atoms with Crippen molar-refractivity contribution in [1.82, 2.24) is 10.0 Å². The standard InChI is InChI=1S/C11H18N2O2S2/c1-2-10-5-6-11(16-10)17(14,15)13-9-4-3-7-12-8-9/h5-6,9,12-13H,2-4,7-8H2,1H3. The van der Waals surface area contributed by atoms with Crippen molar-refractivity contribution < 1.29 is 8.42 Å². The summed E-state index contributed by atoms with van der Waals surface area (Å²) in [6, 6.07) is 3.61. The Kier molecular flexibility index (Phi) is 4.19. The first-order chi connectivity index (χ1) is 8.12. The van der Waals surface area contributed by atoms with Crippen LogP contribution in [0.25, 0.3) is 0 Å². The zero-order valence-corrected chi connectivity index (χ0v) is 11.5. The Morgan fingerprint density at radius 2 is 2.35 bits per heavy atom. The van der Waals surface area contributed by atoms with Gasteiger partial charge in [0.2, 0.25) is 10.0 Å². The van der Waals surface area contributed by atoms with Crippen LogP contribution in [-0.4, -0.2) is 27.5 Å². The van der Waals surface area contributed by atoms with E-state index in [1.165, 1.54) is 11.3 Å². The molecule has 0 amide bonds. The topological polar surface area (TPSA) is 58.2 Å². The third-order valence-electron chi connectivity index (χ3n) is 2.87. The van der Waals surface area contributed by atoms with Crippen LogP contribution in [0.4, 0.5) is 0 Å². The molecule has 0 bridgehead atoms. The predicted octanol–water partition coefficient (Wildman–Crippen LogP) is 1.34. The van der Waals surface area contributed by atoms with E-state index in [0.29, 0.717) is 4.21 Å². The second kappa shape index (κ2) is 5.48. The molecule has 1 aromatic heterocycles. The van der Waals surface area contributed by atoms with Crippen molar-refractivity contribution in [3.8, 4) is 0 Å². The number of sulfonamides is 1. The largest absolute Gasteiger partial charge is 0.315 e. The summed E-state index contributed by atoms with van der Waals surface area (Å²) in [7, 11) is -3.32. The lowest BCUT2D eigenvalue weighted by Crippen LogP contribution is -2.45. The highest BCUT2D eigenvalue weighted by Gasteiger charge is 2.22. The number of rotatable bonds is 4. The van der Waals surface area contributed by atoms with Crippen LogP contribution in [0.15, 0.2) is 16.3 Å². The number of nitrogens with one attached hydrogen (secondary N) is 2. The molecule has 0 radical (unpaired) electrons. The Balaban J connectivity index is 2.07. The first-order valence-electron chi connectivity index (χ1n) is 5.93. The lowest BCUT2D eigenvalue weighted by Gasteiger charge is -2.23. The van der Waals surface area contributed by atoms with Crippen LogP contribution in [0.3, 0.4) is 0 Å². The summed E-state index contributed by atoms with van der Waals surface area (Å²) in [4.78, 5) is 1.10. The minimum absolute atomic E-state index is 0.0286. The molecule has 1 aromatic rings. The fourth-order valence-corrected chi connectivity index (χ4v) is 4.51. The molecule has 0 aliphatic carbocycles. The normalized spacial score (nSPS) is 21.6. The van der Waals surface area contributed by atoms with E-state index in [1.54, 1.807) is 6.07 Å². The molecular formula is C11H18N2O2S2. The lowest BCUT2D eigenvalue weighted by molar-refractivity contribution is 0.429. The maximum Gasteiger partial charge on any atom is 0.250 e. The summed E-state index contributed by atoms with van der Waals surface area (Å²) in [5, 5.41) is 3.20. The average Bonchev–Trinajstić information content (AvgIpc) is 2.79. The number of aryl methyl sites for hydroxylation is 1. The molecular weight excluding hydrogens is 256 g/mol. The van der Waals surface area contributed by atoms with Gasteiger partial charge >= 0.3 is 0 Å². The van der Waals surface area contributed by atoms with Gasteiger partial charge in [0.15, 0.2) is 0 Å². The molecule has 2 N–H and O–H groups in total. The van der Waals surface area contributed by atoms with Crippen molar-refractivity contribution in [3.63, 3.8) is 0 Å². The number of piperidine rings is 1. The monoisotopic (exact) mass is 274 g/mol. The van der Waals surface area contributed by atoms with Crippen molar-refractivity contribution in [3.05, 3.63) is 17.0 Å². The van der Waals surface area contributed by atoms with E-state index in [2.05, 4.69) is 10.0 Å². The zero-order valence-electron chi connectivity index (χ0n) is 9.90. The van der Waals surface area contributed by atoms with Gasteiger partial charge in [0.05, 0.1) is 0 Å². The SMILES string of the molecule is CCc1ccc(S(=O)(=O)NC2CCCNC2)s1. The van der Waals surface area contributed by atoms with Crippen molar-refractivity contribution >= 4 is 21.4 Å². The molecule has 0 aromatic carbocycles. The summed E-state index contributed by atoms with van der Waals surface area (Å²) < 4.78 is 27.4. The maximum atomic E-state index is 12.1. The minimum Gasteiger partial charge on any atom is -0.315 e. The van der Waals surface area contributed by atoms with Crippen LogP contribution < -0.4 is 10.0 Å². The number of hydrogen-bond donors (Lipinski definition) is 2. The van der Waals surface area contributed by atoms with Gasteiger partial charge in [0, 0.05) is 17.5 Å². The Morgan fingerprint density at radius 3 is 2.94 bits per heavy atom. The van der Waals surface area contributed by atoms with E-state index in [-0.39, 0.29) is 6.04 Å². The zero-order chi connectivity index (χ0) is 12.3. The smallest absolute Gasteiger partial charge is 0.250 e. The number of thiophene rings is 1. The summed E-state index contributed by atoms with van der Waals surface area (Å²) in [6.07, 6.45) is 2.82. The van der Waals surface area contributed by atoms with Crippen LogP contribution in [0.2, 0.25) is 0 Å². The van der Waals surface area contributed by atoms with Crippen molar-refractivity contribution in [2.45, 2.75) is 36.4 Å². The molecule has 1 atom stereocenters. The Labute approximate surface area is 106 Å². The van der Waals surface area contributed by atoms with Crippen LogP contribution >= 0.6 is 11.3 Å². The maximum absolute atomic E-state index is 12.1. The molecule has 1 unspecified atom stereocenters. The van der Waals surface area contributed by atoms with Crippen molar-refractivity contribution in [1.29, 1.82) is 0 Å². The first kappa shape index (κ1) is 13.0. The van der Waals surface area contributed by atoms with Crippen molar-refractivity contribution in [2.75, 3.05) is 13.1 Å². The molecule has 6 heteroatoms. The second-order valence-corrected chi connectivity index (χ2v) is 7.35. The molecule has 2 heterocycles. The molecule has 1 saturated heterocycles. The second-order valence-electron chi connectivity index (χ2n) is 4.24. The highest BCUT2D eigenvalue weighted by atomic mass is 32.2. The Bertz CT molecular complexity index is 462. The van der Waals surface area contributed by atoms with Gasteiger partial charge in [0.25, 0.3) is 0 Å². The molecule has 96 valence electrons. The van der Waals surface area contributed by atoms with Gasteiger partial charge in [-0.3, -0.25) is 0 Å². The van der Waals surface area contributed by atoms with E-state index in [9.17, 15) is 8.42 Å². The summed E-state index contributed by atoms with van der Waals surface area (Å²) >= 11 is 1.36. The van der Waals surface area contributed by atoms with Gasteiger partial charge in [-0.2, -0.15) is 0 Å². The molecule has 1 aliphatic rings. The van der Waals surface area contributed by atoms with Gasteiger partial charge in [-0.25, -0.2) is 13.1 Å². The van der Waals surface area contributed by atoms with E-state index < -0.39 is 10.0 Å². The summed E-state index contributed by atoms with van der Waals surface area (Å²) in [5.74, 6) is 0. The van der Waals surface area contributed by atoms with Crippen LogP contribution in [0, 0.1) is 0 Å². The van der Waals surface area contributed by atoms with Gasteiger partial charge < -0.3 is 5.32 Å². The van der Waals surface area contributed by atoms with E-state index in [1.807, 2.05) is 13.0 Å². The quantitative estimate of drug-likeness (QED) is 0.871. The van der Waals surface area contributed by atoms with Crippen molar-refractivity contribution in [2.24, 2.45) is 0 Å². The minimum atomic E-state index is -3.32. The predicted molar refractivity (Wildman–Crippen MR) is 69.9 cm³/mol. The van der Waals surface area contributed by atoms with E-state index in [0.717, 1.165) is 37.2 Å². The molecule has 4 nitrogen and oxygen atoms in total. The molecule has 2 rings (SSSR count). The number of hydrogen-bond acceptors (Lipinski definition) is 4. The highest BCUT2D eigenvalue weighted by molar-refractivity contribution is 7.91. The Hall–Kier alpha value is -0.430. The van der Waals surface area contributed by atoms with Gasteiger partial charge in [-0.15, -0.1) is 11.3 Å². The van der Waals surface area contributed by atoms with E-state index >= 15 is 0 Å². The van der Waals surface area contributed by atoms with Crippen LogP contribution in [-0.2, 0) is 16.4 Å². The van der Waals surface area contributed by atoms with Gasteiger partial charge in [0.1, 0.15) is 4.21 Å². The van der Waals surface area contributed by atoms with Gasteiger partial charge in [-0.1, -0.05) is 6.92 Å². The molecule has 0 saturated carbocycles. The van der Waals surface area contributed by atoms with E-state index in [4.69, 9.17) is 0 Å². The van der Waals surface area contributed by atoms with Gasteiger partial charge in [-0.05, 0) is 37.9 Å². The summed E-state index contributed by atoms with van der Waals surface area (Å²) in [6.45, 7) is 3.74. The summed E-state index contributed by atoms with van der Waals surface area (Å²) in [5.41, 5.74) is 0. The fraction of sp³-hybridized carbons (Fsp3) is 0.636. The fourth-order valence-electron chi connectivity index (χ4n) is 1.92. The van der Waals surface area contributed by atoms with Crippen LogP contribution in [0.5, 0.6) is 0 Å². The first-order valence-corrected chi connectivity index (χ1v) is 8.23. The molecule has 17 heavy (non-hydrogen) atoms. The third kappa shape index (κ3) is 3.28. The Morgan fingerprint density at radius 1 is 1.53 bits per heavy atom. The third-order valence-corrected chi connectivity index (χ3v) is 6.11. The lowest BCUT2D eigenvalue weighted by atomic mass is 10.1. The molecule has 1 aliphatic heterocycles. The highest BCUT2D eigenvalue weighted by Crippen LogP contribution is 2.22. The molecule has 1 fully saturated rings.